The molecule has 0 saturated heterocycles. The minimum absolute atomic E-state index is 0.0246. The number of nitrogens with zero attached hydrogens (tertiary/aromatic N) is 2. The van der Waals surface area contributed by atoms with Crippen LogP contribution in [0.4, 0.5) is 5.69 Å². The summed E-state index contributed by atoms with van der Waals surface area (Å²) in [4.78, 5) is 18.3. The van der Waals surface area contributed by atoms with Crippen LogP contribution >= 0.6 is 0 Å². The normalized spacial score (nSPS) is 12.2. The van der Waals surface area contributed by atoms with Gasteiger partial charge in [-0.3, -0.25) is 4.79 Å². The third kappa shape index (κ3) is 8.53. The van der Waals surface area contributed by atoms with Gasteiger partial charge in [0.05, 0.1) is 13.1 Å². The fraction of sp³-hybridized carbons (Fsp3) is 0.556. The molecule has 6 heteroatoms. The van der Waals surface area contributed by atoms with Gasteiger partial charge in [-0.15, -0.1) is 0 Å². The number of rotatable bonds is 6. The van der Waals surface area contributed by atoms with Gasteiger partial charge in [-0.1, -0.05) is 12.1 Å². The highest BCUT2D eigenvalue weighted by Crippen LogP contribution is 2.12. The van der Waals surface area contributed by atoms with Gasteiger partial charge in [-0.25, -0.2) is 4.99 Å². The number of nitrogens with one attached hydrogen (secondary N) is 3. The molecule has 0 aromatic heterocycles. The van der Waals surface area contributed by atoms with Crippen molar-refractivity contribution in [3.8, 4) is 0 Å². The summed E-state index contributed by atoms with van der Waals surface area (Å²) < 4.78 is 0. The number of likely N-dealkylation sites (N-methyl/N-ethyl adjacent to an activating group) is 1. The first-order chi connectivity index (χ1) is 11.2. The van der Waals surface area contributed by atoms with Crippen LogP contribution in [0, 0.1) is 0 Å². The molecule has 1 amide bonds. The molecule has 0 aliphatic heterocycles. The molecule has 1 aromatic carbocycles. The van der Waals surface area contributed by atoms with Crippen LogP contribution in [0.15, 0.2) is 29.3 Å². The van der Waals surface area contributed by atoms with E-state index in [9.17, 15) is 4.79 Å². The molecule has 0 radical (unpaired) electrons. The van der Waals surface area contributed by atoms with Crippen LogP contribution in [0.5, 0.6) is 0 Å². The highest BCUT2D eigenvalue weighted by molar-refractivity contribution is 5.92. The predicted molar refractivity (Wildman–Crippen MR) is 101 cm³/mol. The number of hydrogen-bond acceptors (Lipinski definition) is 3. The van der Waals surface area contributed by atoms with Gasteiger partial charge in [-0.2, -0.15) is 0 Å². The molecule has 0 bridgehead atoms. The van der Waals surface area contributed by atoms with Crippen molar-refractivity contribution >= 4 is 17.6 Å². The van der Waals surface area contributed by atoms with Crippen molar-refractivity contribution in [1.29, 1.82) is 0 Å². The number of carbonyl (C=O) groups is 1. The van der Waals surface area contributed by atoms with E-state index in [4.69, 9.17) is 0 Å². The van der Waals surface area contributed by atoms with Crippen molar-refractivity contribution in [3.05, 3.63) is 29.8 Å². The van der Waals surface area contributed by atoms with E-state index >= 15 is 0 Å². The van der Waals surface area contributed by atoms with Gasteiger partial charge >= 0.3 is 0 Å². The molecule has 1 aromatic rings. The molecular weight excluding hydrogens is 302 g/mol. The van der Waals surface area contributed by atoms with E-state index in [2.05, 4.69) is 41.7 Å². The maximum atomic E-state index is 11.8. The first-order valence-electron chi connectivity index (χ1n) is 8.29. The van der Waals surface area contributed by atoms with Gasteiger partial charge in [0, 0.05) is 17.8 Å². The number of hydrogen-bond donors (Lipinski definition) is 3. The lowest BCUT2D eigenvalue weighted by atomic mass is 10.1. The van der Waals surface area contributed by atoms with Crippen LogP contribution in [0.1, 0.15) is 33.3 Å². The van der Waals surface area contributed by atoms with E-state index in [1.807, 2.05) is 50.2 Å². The minimum atomic E-state index is -0.0526. The summed E-state index contributed by atoms with van der Waals surface area (Å²) in [6.45, 7) is 10.1. The van der Waals surface area contributed by atoms with Crippen molar-refractivity contribution in [2.75, 3.05) is 32.5 Å². The smallest absolute Gasteiger partial charge is 0.238 e. The summed E-state index contributed by atoms with van der Waals surface area (Å²) in [6.07, 6.45) is 0. The summed E-state index contributed by atoms with van der Waals surface area (Å²) in [5, 5.41) is 9.51. The highest BCUT2D eigenvalue weighted by Gasteiger charge is 2.11. The van der Waals surface area contributed by atoms with Crippen molar-refractivity contribution in [2.24, 2.45) is 4.99 Å². The van der Waals surface area contributed by atoms with E-state index in [-0.39, 0.29) is 11.4 Å². The Hall–Kier alpha value is -2.08. The molecule has 0 heterocycles. The van der Waals surface area contributed by atoms with E-state index in [1.165, 1.54) is 0 Å². The summed E-state index contributed by atoms with van der Waals surface area (Å²) in [5.74, 6) is 0.760. The Kier molecular flexibility index (Phi) is 7.71. The number of aliphatic imine (C=N–C) groups is 1. The number of amides is 1. The van der Waals surface area contributed by atoms with Crippen LogP contribution < -0.4 is 16.0 Å². The zero-order chi connectivity index (χ0) is 18.2. The second-order valence-corrected chi connectivity index (χ2v) is 7.06. The lowest BCUT2D eigenvalue weighted by Gasteiger charge is -2.23. The van der Waals surface area contributed by atoms with Crippen molar-refractivity contribution < 1.29 is 4.79 Å². The molecule has 134 valence electrons. The maximum Gasteiger partial charge on any atom is 0.238 e. The van der Waals surface area contributed by atoms with Crippen molar-refractivity contribution in [3.63, 3.8) is 0 Å². The minimum Gasteiger partial charge on any atom is -0.357 e. The molecular formula is C18H31N5O. The first-order valence-corrected chi connectivity index (χ1v) is 8.29. The summed E-state index contributed by atoms with van der Waals surface area (Å²) in [5.41, 5.74) is 1.79. The maximum absolute atomic E-state index is 11.8. The summed E-state index contributed by atoms with van der Waals surface area (Å²) >= 11 is 0. The van der Waals surface area contributed by atoms with E-state index in [0.717, 1.165) is 23.8 Å². The van der Waals surface area contributed by atoms with Crippen LogP contribution in [0.3, 0.4) is 0 Å². The molecule has 0 aliphatic carbocycles. The average molecular weight is 333 g/mol. The largest absolute Gasteiger partial charge is 0.357 e. The number of carbonyl (C=O) groups excluding carboxylic acids is 1. The number of benzene rings is 1. The summed E-state index contributed by atoms with van der Waals surface area (Å²) in [7, 11) is 3.74. The number of anilines is 1. The molecule has 0 fully saturated rings. The summed E-state index contributed by atoms with van der Waals surface area (Å²) in [6, 6.07) is 7.78. The van der Waals surface area contributed by atoms with Gasteiger partial charge in [0.15, 0.2) is 5.96 Å². The van der Waals surface area contributed by atoms with Crippen LogP contribution in [0.2, 0.25) is 0 Å². The Labute approximate surface area is 145 Å². The molecule has 0 spiro atoms. The van der Waals surface area contributed by atoms with Crippen LogP contribution in [0.25, 0.3) is 0 Å². The van der Waals surface area contributed by atoms with Crippen LogP contribution in [-0.4, -0.2) is 49.5 Å². The van der Waals surface area contributed by atoms with Gasteiger partial charge in [0.1, 0.15) is 0 Å². The van der Waals surface area contributed by atoms with Gasteiger partial charge < -0.3 is 20.9 Å². The van der Waals surface area contributed by atoms with Gasteiger partial charge in [0.25, 0.3) is 0 Å². The van der Waals surface area contributed by atoms with Crippen LogP contribution in [-0.2, 0) is 11.3 Å². The second kappa shape index (κ2) is 9.27. The van der Waals surface area contributed by atoms with Crippen molar-refractivity contribution in [2.45, 2.75) is 39.8 Å². The zero-order valence-electron chi connectivity index (χ0n) is 15.7. The van der Waals surface area contributed by atoms with Gasteiger partial charge in [0.2, 0.25) is 5.91 Å². The topological polar surface area (TPSA) is 68.8 Å². The molecule has 3 N–H and O–H groups in total. The zero-order valence-corrected chi connectivity index (χ0v) is 15.7. The highest BCUT2D eigenvalue weighted by atomic mass is 16.2. The SMILES string of the molecule is CCNC(=NCc1cccc(NC(=O)CN(C)C)c1)NC(C)(C)C. The Morgan fingerprint density at radius 2 is 1.96 bits per heavy atom. The number of guanidine groups is 1. The Bertz CT molecular complexity index is 561. The monoisotopic (exact) mass is 333 g/mol. The van der Waals surface area contributed by atoms with E-state index in [0.29, 0.717) is 13.1 Å². The molecule has 6 nitrogen and oxygen atoms in total. The quantitative estimate of drug-likeness (QED) is 0.550. The fourth-order valence-electron chi connectivity index (χ4n) is 2.07. The molecule has 0 unspecified atom stereocenters. The standard InChI is InChI=1S/C18H31N5O/c1-7-19-17(22-18(2,3)4)20-12-14-9-8-10-15(11-14)21-16(24)13-23(5)6/h8-11H,7,12-13H2,1-6H3,(H,21,24)(H2,19,20,22). The first kappa shape index (κ1) is 20.0. The third-order valence-corrected chi connectivity index (χ3v) is 2.93. The van der Waals surface area contributed by atoms with Gasteiger partial charge in [-0.05, 0) is 59.5 Å². The Morgan fingerprint density at radius 1 is 1.25 bits per heavy atom. The Balaban J connectivity index is 2.74. The molecule has 0 atom stereocenters. The Morgan fingerprint density at radius 3 is 2.54 bits per heavy atom. The second-order valence-electron chi connectivity index (χ2n) is 7.06. The lowest BCUT2D eigenvalue weighted by Crippen LogP contribution is -2.47. The predicted octanol–water partition coefficient (Wildman–Crippen LogP) is 2.04. The van der Waals surface area contributed by atoms with Crippen molar-refractivity contribution in [1.82, 2.24) is 15.5 Å². The molecule has 1 rings (SSSR count). The average Bonchev–Trinajstić information content (AvgIpc) is 2.43. The molecule has 0 aliphatic rings. The van der Waals surface area contributed by atoms with E-state index in [1.54, 1.807) is 0 Å². The fourth-order valence-corrected chi connectivity index (χ4v) is 2.07. The molecule has 24 heavy (non-hydrogen) atoms. The lowest BCUT2D eigenvalue weighted by molar-refractivity contribution is -0.116. The van der Waals surface area contributed by atoms with E-state index < -0.39 is 0 Å². The molecule has 0 saturated carbocycles. The third-order valence-electron chi connectivity index (χ3n) is 2.93.